The molecule has 0 bridgehead atoms. The van der Waals surface area contributed by atoms with Gasteiger partial charge in [-0.2, -0.15) is 0 Å². The Kier molecular flexibility index (Phi) is 14.8. The first-order chi connectivity index (χ1) is 31.4. The summed E-state index contributed by atoms with van der Waals surface area (Å²) < 4.78 is 44.0. The highest BCUT2D eigenvalue weighted by atomic mass is 16.7. The average Bonchev–Trinajstić information content (AvgIpc) is 3.30. The lowest BCUT2D eigenvalue weighted by Gasteiger charge is -2.40. The Labute approximate surface area is 372 Å². The highest BCUT2D eigenvalue weighted by Crippen LogP contribution is 2.47. The smallest absolute Gasteiger partial charge is 0.330 e. The SMILES string of the molecule is O=C(/C=C/c1ccc(O)c(O)c1)OC[C@H]1O[C@@H](Oc2cc(O)c3c(c2)[OH+]C(c2ccc(O)c(O[C@@H]4O[C@H](CO)[C@@H](O)[C@H](O)[C@H]4O)c2)C(O[C@@H]2O[C@H](CO)[C@@H](O)[C@H](O)[C@H]2O)=C3)[C@@H](O)[C@@H](O)[C@@H]1O. The van der Waals surface area contributed by atoms with Crippen molar-refractivity contribution in [2.24, 2.45) is 0 Å². The van der Waals surface area contributed by atoms with Crippen molar-refractivity contribution in [3.8, 4) is 40.2 Å². The number of phenolic OH excluding ortho intramolecular Hbond substituents is 4. The number of aliphatic hydroxyl groups excluding tert-OH is 11. The number of carbonyl (C=O) groups excluding carboxylic acids is 1. The summed E-state index contributed by atoms with van der Waals surface area (Å²) in [4.78, 5) is 12.5. The van der Waals surface area contributed by atoms with Crippen LogP contribution < -0.4 is 9.47 Å². The van der Waals surface area contributed by atoms with Gasteiger partial charge in [0.2, 0.25) is 18.9 Å². The highest BCUT2D eigenvalue weighted by molar-refractivity contribution is 5.87. The van der Waals surface area contributed by atoms with Crippen LogP contribution in [-0.2, 0) is 28.5 Å². The van der Waals surface area contributed by atoms with Gasteiger partial charge in [-0.3, -0.25) is 0 Å². The van der Waals surface area contributed by atoms with Gasteiger partial charge in [0.15, 0.2) is 28.8 Å². The van der Waals surface area contributed by atoms with Crippen molar-refractivity contribution in [3.05, 3.63) is 77.1 Å². The van der Waals surface area contributed by atoms with Crippen LogP contribution in [0, 0.1) is 0 Å². The van der Waals surface area contributed by atoms with Gasteiger partial charge in [0.1, 0.15) is 96.9 Å². The number of rotatable bonds is 13. The molecule has 3 fully saturated rings. The molecule has 66 heavy (non-hydrogen) atoms. The summed E-state index contributed by atoms with van der Waals surface area (Å²) in [7, 11) is 0. The number of carbonyl (C=O) groups is 1. The van der Waals surface area contributed by atoms with Crippen LogP contribution in [0.4, 0.5) is 0 Å². The number of hydrogen-bond donors (Lipinski definition) is 15. The van der Waals surface area contributed by atoms with Crippen molar-refractivity contribution in [1.29, 1.82) is 0 Å². The maximum atomic E-state index is 12.5. The zero-order valence-corrected chi connectivity index (χ0v) is 34.1. The van der Waals surface area contributed by atoms with Crippen LogP contribution in [0.15, 0.2) is 60.4 Å². The Balaban J connectivity index is 1.14. The van der Waals surface area contributed by atoms with Gasteiger partial charge in [-0.1, -0.05) is 6.07 Å². The highest BCUT2D eigenvalue weighted by Gasteiger charge is 2.49. The Morgan fingerprint density at radius 3 is 1.76 bits per heavy atom. The minimum absolute atomic E-state index is 0.0457. The first kappa shape index (κ1) is 48.4. The minimum Gasteiger partial charge on any atom is -0.571 e. The van der Waals surface area contributed by atoms with Gasteiger partial charge < -0.3 is 114 Å². The van der Waals surface area contributed by atoms with Gasteiger partial charge in [0.25, 0.3) is 11.9 Å². The first-order valence-electron chi connectivity index (χ1n) is 20.2. The van der Waals surface area contributed by atoms with Crippen molar-refractivity contribution in [2.75, 3.05) is 19.8 Å². The first-order valence-corrected chi connectivity index (χ1v) is 20.2. The van der Waals surface area contributed by atoms with Gasteiger partial charge in [0.05, 0.1) is 24.8 Å². The standard InChI is InChI=1S/C42H48O24/c43-12-26-30(50)33(53)37(57)41(64-26)62-24-8-16(3-5-20(24)46)39-25(63-42-38(58)34(54)31(51)27(13-44)65-42)11-18-21(47)9-17(10-23(18)61-39)60-40-36(56)35(55)32(52)28(66-40)14-59-29(49)6-2-15-1-4-19(45)22(48)7-15/h1-11,26-28,30-48,50-58H,12-14H2/p+1/b6-2+/t26-,27-,28-,30-,31-,32-,33+,34+,35+,36+,37-,38-,39?,40-,41-,42-/m1/s1. The zero-order chi connectivity index (χ0) is 47.7. The van der Waals surface area contributed by atoms with Gasteiger partial charge >= 0.3 is 5.97 Å². The fourth-order valence-corrected chi connectivity index (χ4v) is 7.37. The molecule has 16 N–H and O–H groups in total. The molecule has 360 valence electrons. The molecule has 0 saturated carbocycles. The number of phenols is 4. The molecule has 4 aliphatic rings. The molecule has 0 aliphatic carbocycles. The third-order valence-electron chi connectivity index (χ3n) is 11.1. The molecule has 3 saturated heterocycles. The Morgan fingerprint density at radius 1 is 0.591 bits per heavy atom. The van der Waals surface area contributed by atoms with E-state index in [-0.39, 0.29) is 39.9 Å². The molecule has 3 aromatic rings. The van der Waals surface area contributed by atoms with Crippen LogP contribution in [0.25, 0.3) is 12.2 Å². The van der Waals surface area contributed by atoms with Crippen molar-refractivity contribution in [2.45, 2.75) is 98.2 Å². The van der Waals surface area contributed by atoms with Crippen LogP contribution in [0.2, 0.25) is 0 Å². The molecule has 4 heterocycles. The predicted molar refractivity (Wildman–Crippen MR) is 215 cm³/mol. The normalized spacial score (nSPS) is 34.4. The summed E-state index contributed by atoms with van der Waals surface area (Å²) >= 11 is 0. The van der Waals surface area contributed by atoms with Crippen LogP contribution >= 0.6 is 0 Å². The number of hydrogen-bond acceptors (Lipinski definition) is 23. The van der Waals surface area contributed by atoms with Crippen LogP contribution in [0.5, 0.6) is 40.2 Å². The molecule has 3 aromatic carbocycles. The molecule has 24 heteroatoms. The average molecular weight is 938 g/mol. The number of aliphatic hydroxyl groups is 12. The molecule has 0 spiro atoms. The molecule has 0 aromatic heterocycles. The number of aromatic hydroxyl groups is 5. The van der Waals surface area contributed by atoms with Crippen molar-refractivity contribution in [1.82, 2.24) is 0 Å². The molecule has 4 aliphatic heterocycles. The molecular formula is C42H49O24+. The fourth-order valence-electron chi connectivity index (χ4n) is 7.37. The van der Waals surface area contributed by atoms with Gasteiger partial charge in [-0.25, -0.2) is 4.79 Å². The molecular weight excluding hydrogens is 888 g/mol. The van der Waals surface area contributed by atoms with Crippen LogP contribution in [-0.4, -0.2) is 199 Å². The largest absolute Gasteiger partial charge is 0.571 e. The number of fused-ring (bicyclic) bond motifs is 1. The van der Waals surface area contributed by atoms with Crippen molar-refractivity contribution < 1.29 is 119 Å². The molecule has 7 rings (SSSR count). The van der Waals surface area contributed by atoms with E-state index in [1.54, 1.807) is 0 Å². The van der Waals surface area contributed by atoms with E-state index in [0.29, 0.717) is 5.56 Å². The molecule has 16 atom stereocenters. The number of ether oxygens (including phenoxy) is 8. The van der Waals surface area contributed by atoms with E-state index < -0.39 is 141 Å². The molecule has 0 amide bonds. The van der Waals surface area contributed by atoms with Crippen molar-refractivity contribution in [3.63, 3.8) is 0 Å². The zero-order valence-electron chi connectivity index (χ0n) is 34.1. The summed E-state index contributed by atoms with van der Waals surface area (Å²) in [5.74, 6) is -3.69. The van der Waals surface area contributed by atoms with E-state index in [4.69, 9.17) is 33.2 Å². The van der Waals surface area contributed by atoms with Crippen LogP contribution in [0.3, 0.4) is 0 Å². The summed E-state index contributed by atoms with van der Waals surface area (Å²) in [6.45, 7) is -2.23. The molecule has 1 unspecified atom stereocenters. The third-order valence-corrected chi connectivity index (χ3v) is 11.1. The van der Waals surface area contributed by atoms with E-state index in [1.807, 2.05) is 0 Å². The maximum absolute atomic E-state index is 12.5. The second-order valence-electron chi connectivity index (χ2n) is 15.7. The predicted octanol–water partition coefficient (Wildman–Crippen LogP) is -3.72. The van der Waals surface area contributed by atoms with Gasteiger partial charge in [0, 0.05) is 18.2 Å². The van der Waals surface area contributed by atoms with E-state index in [0.717, 1.165) is 18.2 Å². The van der Waals surface area contributed by atoms with Crippen LogP contribution in [0.1, 0.15) is 22.8 Å². The minimum atomic E-state index is -1.91. The summed E-state index contributed by atoms with van der Waals surface area (Å²) in [6, 6.07) is 9.75. The quantitative estimate of drug-likeness (QED) is 0.0339. The van der Waals surface area contributed by atoms with E-state index >= 15 is 0 Å². The van der Waals surface area contributed by atoms with Crippen molar-refractivity contribution >= 4 is 18.1 Å². The second-order valence-corrected chi connectivity index (χ2v) is 15.7. The third kappa shape index (κ3) is 10.1. The van der Waals surface area contributed by atoms with Gasteiger partial charge in [-0.15, -0.1) is 0 Å². The molecule has 24 nitrogen and oxygen atoms in total. The Bertz CT molecular complexity index is 2250. The van der Waals surface area contributed by atoms with E-state index in [1.165, 1.54) is 48.6 Å². The van der Waals surface area contributed by atoms with E-state index in [9.17, 15) is 81.4 Å². The van der Waals surface area contributed by atoms with E-state index in [2.05, 4.69) is 4.74 Å². The maximum Gasteiger partial charge on any atom is 0.330 e. The van der Waals surface area contributed by atoms with Gasteiger partial charge in [-0.05, 0) is 42.0 Å². The second kappa shape index (κ2) is 20.1. The summed E-state index contributed by atoms with van der Waals surface area (Å²) in [6.07, 6.45) is -23.9. The lowest BCUT2D eigenvalue weighted by Crippen LogP contribution is -2.60. The lowest BCUT2D eigenvalue weighted by molar-refractivity contribution is -0.295. The number of benzene rings is 3. The summed E-state index contributed by atoms with van der Waals surface area (Å²) in [5, 5.41) is 156. The Morgan fingerprint density at radius 2 is 1.15 bits per heavy atom. The summed E-state index contributed by atoms with van der Waals surface area (Å²) in [5.41, 5.74) is 0.392. The monoisotopic (exact) mass is 937 g/mol. The topological polar surface area (TPSA) is 398 Å². The lowest BCUT2D eigenvalue weighted by atomic mass is 9.98. The fraction of sp³-hybridized carbons (Fsp3) is 0.452. The Hall–Kier alpha value is -5.55. The molecule has 0 radical (unpaired) electrons. The number of esters is 1.